The lowest BCUT2D eigenvalue weighted by molar-refractivity contribution is -0.384. The highest BCUT2D eigenvalue weighted by Gasteiger charge is 2.16. The number of hydrogen-bond donors (Lipinski definition) is 3. The first-order valence-electron chi connectivity index (χ1n) is 14.0. The number of hydrogen-bond acceptors (Lipinski definition) is 6. The second kappa shape index (κ2) is 13.8. The molecule has 0 saturated carbocycles. The van der Waals surface area contributed by atoms with Gasteiger partial charge in [-0.3, -0.25) is 29.3 Å². The molecular weight excluding hydrogens is 586 g/mol. The van der Waals surface area contributed by atoms with Gasteiger partial charge in [0.25, 0.3) is 29.3 Å². The molecule has 3 N–H and O–H groups in total. The zero-order valence-electron chi connectivity index (χ0n) is 24.5. The molecule has 0 heterocycles. The number of rotatable bonds is 9. The van der Waals surface area contributed by atoms with Crippen LogP contribution in [0, 0.1) is 10.1 Å². The third-order valence-electron chi connectivity index (χ3n) is 6.90. The smallest absolute Gasteiger partial charge is 0.270 e. The van der Waals surface area contributed by atoms with Crippen LogP contribution in [0.5, 0.6) is 0 Å². The number of nitrogens with zero attached hydrogens (tertiary/aromatic N) is 2. The molecule has 11 heteroatoms. The Morgan fingerprint density at radius 3 is 1.43 bits per heavy atom. The number of carbonyl (C=O) groups is 4. The van der Waals surface area contributed by atoms with Crippen LogP contribution in [0.15, 0.2) is 127 Å². The predicted molar refractivity (Wildman–Crippen MR) is 175 cm³/mol. The normalized spacial score (nSPS) is 10.4. The van der Waals surface area contributed by atoms with Gasteiger partial charge in [0.05, 0.1) is 4.92 Å². The summed E-state index contributed by atoms with van der Waals surface area (Å²) in [5.41, 5.74) is 2.61. The zero-order chi connectivity index (χ0) is 32.6. The number of amides is 4. The Hall–Kier alpha value is -6.62. The van der Waals surface area contributed by atoms with Gasteiger partial charge in [-0.25, -0.2) is 0 Å². The van der Waals surface area contributed by atoms with Crippen molar-refractivity contribution in [1.29, 1.82) is 0 Å². The molecule has 0 spiro atoms. The summed E-state index contributed by atoms with van der Waals surface area (Å²) in [4.78, 5) is 63.8. The zero-order valence-corrected chi connectivity index (χ0v) is 24.5. The Labute approximate surface area is 263 Å². The van der Waals surface area contributed by atoms with Crippen molar-refractivity contribution in [3.8, 4) is 0 Å². The number of benzene rings is 5. The molecule has 5 rings (SSSR count). The van der Waals surface area contributed by atoms with E-state index in [4.69, 9.17) is 0 Å². The van der Waals surface area contributed by atoms with Crippen LogP contribution in [0.3, 0.4) is 0 Å². The van der Waals surface area contributed by atoms with Gasteiger partial charge in [0, 0.05) is 64.2 Å². The van der Waals surface area contributed by atoms with E-state index in [0.29, 0.717) is 22.6 Å². The maximum atomic E-state index is 13.1. The van der Waals surface area contributed by atoms with E-state index in [-0.39, 0.29) is 28.3 Å². The highest BCUT2D eigenvalue weighted by atomic mass is 16.6. The SMILES string of the molecule is CN(C(=O)c1cccc(NC(=O)c2cccc(NC(=O)c3cccc(NC(=O)c4cccc([N+](=O)[O-])c4)c3)c2)c1)c1ccccc1. The number of nitro groups is 1. The number of nitro benzene ring substituents is 1. The third-order valence-corrected chi connectivity index (χ3v) is 6.90. The second-order valence-electron chi connectivity index (χ2n) is 10.1. The fourth-order valence-electron chi connectivity index (χ4n) is 4.54. The third kappa shape index (κ3) is 7.47. The van der Waals surface area contributed by atoms with Crippen LogP contribution in [-0.4, -0.2) is 35.6 Å². The molecule has 5 aromatic rings. The summed E-state index contributed by atoms with van der Waals surface area (Å²) in [6.07, 6.45) is 0. The van der Waals surface area contributed by atoms with Gasteiger partial charge in [-0.1, -0.05) is 42.5 Å². The van der Waals surface area contributed by atoms with Crippen molar-refractivity contribution in [2.24, 2.45) is 0 Å². The van der Waals surface area contributed by atoms with E-state index >= 15 is 0 Å². The summed E-state index contributed by atoms with van der Waals surface area (Å²) in [6, 6.07) is 33.7. The average molecular weight is 614 g/mol. The van der Waals surface area contributed by atoms with Crippen molar-refractivity contribution in [1.82, 2.24) is 0 Å². The van der Waals surface area contributed by atoms with Gasteiger partial charge in [0.15, 0.2) is 0 Å². The van der Waals surface area contributed by atoms with Gasteiger partial charge in [0.1, 0.15) is 0 Å². The lowest BCUT2D eigenvalue weighted by Crippen LogP contribution is -2.26. The molecule has 0 bridgehead atoms. The number of anilines is 4. The van der Waals surface area contributed by atoms with Crippen molar-refractivity contribution in [3.05, 3.63) is 160 Å². The van der Waals surface area contributed by atoms with Crippen molar-refractivity contribution >= 4 is 52.1 Å². The lowest BCUT2D eigenvalue weighted by Gasteiger charge is -2.17. The molecule has 0 aromatic heterocycles. The molecule has 0 saturated heterocycles. The van der Waals surface area contributed by atoms with Gasteiger partial charge in [-0.2, -0.15) is 0 Å². The molecule has 228 valence electrons. The Kier molecular flexibility index (Phi) is 9.24. The van der Waals surface area contributed by atoms with Crippen LogP contribution in [0.4, 0.5) is 28.4 Å². The quantitative estimate of drug-likeness (QED) is 0.125. The molecule has 0 atom stereocenters. The van der Waals surface area contributed by atoms with E-state index in [9.17, 15) is 29.3 Å². The van der Waals surface area contributed by atoms with E-state index in [0.717, 1.165) is 11.8 Å². The second-order valence-corrected chi connectivity index (χ2v) is 10.1. The molecule has 0 radical (unpaired) electrons. The van der Waals surface area contributed by atoms with Gasteiger partial charge in [-0.05, 0) is 72.8 Å². The van der Waals surface area contributed by atoms with Crippen LogP contribution in [0.2, 0.25) is 0 Å². The monoisotopic (exact) mass is 613 g/mol. The molecule has 0 aliphatic carbocycles. The Morgan fingerprint density at radius 2 is 0.957 bits per heavy atom. The Balaban J connectivity index is 1.23. The fourth-order valence-corrected chi connectivity index (χ4v) is 4.54. The summed E-state index contributed by atoms with van der Waals surface area (Å²) >= 11 is 0. The molecule has 11 nitrogen and oxygen atoms in total. The summed E-state index contributed by atoms with van der Waals surface area (Å²) < 4.78 is 0. The number of para-hydroxylation sites is 1. The van der Waals surface area contributed by atoms with E-state index < -0.39 is 22.6 Å². The maximum absolute atomic E-state index is 13.1. The predicted octanol–water partition coefficient (Wildman–Crippen LogP) is 6.63. The first-order chi connectivity index (χ1) is 22.2. The van der Waals surface area contributed by atoms with Crippen molar-refractivity contribution in [3.63, 3.8) is 0 Å². The van der Waals surface area contributed by atoms with Crippen molar-refractivity contribution in [2.45, 2.75) is 0 Å². The minimum absolute atomic E-state index is 0.0944. The maximum Gasteiger partial charge on any atom is 0.270 e. The summed E-state index contributed by atoms with van der Waals surface area (Å²) in [5.74, 6) is -1.74. The van der Waals surface area contributed by atoms with Gasteiger partial charge < -0.3 is 20.9 Å². The highest BCUT2D eigenvalue weighted by molar-refractivity contribution is 6.10. The number of nitrogens with one attached hydrogen (secondary N) is 3. The minimum Gasteiger partial charge on any atom is -0.322 e. The average Bonchev–Trinajstić information content (AvgIpc) is 3.08. The van der Waals surface area contributed by atoms with Crippen LogP contribution in [0.25, 0.3) is 0 Å². The van der Waals surface area contributed by atoms with Gasteiger partial charge in [0.2, 0.25) is 0 Å². The summed E-state index contributed by atoms with van der Waals surface area (Å²) in [6.45, 7) is 0. The first-order valence-corrected chi connectivity index (χ1v) is 14.0. The number of carbonyl (C=O) groups excluding carboxylic acids is 4. The molecule has 0 aliphatic heterocycles. The Morgan fingerprint density at radius 1 is 0.543 bits per heavy atom. The molecule has 0 aliphatic rings. The Bertz CT molecular complexity index is 1960. The van der Waals surface area contributed by atoms with E-state index in [2.05, 4.69) is 16.0 Å². The molecule has 0 fully saturated rings. The van der Waals surface area contributed by atoms with Gasteiger partial charge >= 0.3 is 0 Å². The van der Waals surface area contributed by atoms with E-state index in [1.54, 1.807) is 67.7 Å². The molecule has 5 aromatic carbocycles. The summed E-state index contributed by atoms with van der Waals surface area (Å²) in [7, 11) is 1.68. The van der Waals surface area contributed by atoms with Crippen LogP contribution >= 0.6 is 0 Å². The van der Waals surface area contributed by atoms with Crippen LogP contribution in [-0.2, 0) is 0 Å². The van der Waals surface area contributed by atoms with E-state index in [1.807, 2.05) is 30.3 Å². The van der Waals surface area contributed by atoms with Crippen molar-refractivity contribution < 1.29 is 24.1 Å². The largest absolute Gasteiger partial charge is 0.322 e. The van der Waals surface area contributed by atoms with Crippen LogP contribution in [0.1, 0.15) is 41.4 Å². The number of non-ortho nitro benzene ring substituents is 1. The highest BCUT2D eigenvalue weighted by Crippen LogP contribution is 2.20. The van der Waals surface area contributed by atoms with Crippen molar-refractivity contribution in [2.75, 3.05) is 27.9 Å². The molecule has 46 heavy (non-hydrogen) atoms. The standard InChI is InChI=1S/C35H27N5O6/c1-39(30-16-3-2-4-17-30)35(44)26-12-7-15-29(21-26)38-33(42)24-10-5-13-27(19-24)36-32(41)23-9-6-14-28(20-23)37-34(43)25-11-8-18-31(22-25)40(45)46/h2-22H,1H3,(H,36,41)(H,37,43)(H,38,42). The fraction of sp³-hybridized carbons (Fsp3) is 0.0286. The molecule has 0 unspecified atom stereocenters. The summed E-state index contributed by atoms with van der Waals surface area (Å²) in [5, 5.41) is 19.2. The van der Waals surface area contributed by atoms with Crippen LogP contribution < -0.4 is 20.9 Å². The molecular formula is C35H27N5O6. The topological polar surface area (TPSA) is 151 Å². The molecule has 4 amide bonds. The minimum atomic E-state index is -0.590. The lowest BCUT2D eigenvalue weighted by atomic mass is 10.1. The first kappa shape index (κ1) is 30.8. The van der Waals surface area contributed by atoms with E-state index in [1.165, 1.54) is 35.2 Å². The van der Waals surface area contributed by atoms with Gasteiger partial charge in [-0.15, -0.1) is 0 Å².